The van der Waals surface area contributed by atoms with E-state index in [0.717, 1.165) is 34.9 Å². The molecule has 0 aliphatic carbocycles. The predicted molar refractivity (Wildman–Crippen MR) is 145 cm³/mol. The number of nitrogens with zero attached hydrogens (tertiary/aromatic N) is 1. The van der Waals surface area contributed by atoms with Crippen molar-refractivity contribution in [1.82, 2.24) is 4.57 Å². The van der Waals surface area contributed by atoms with Crippen LogP contribution in [0, 0.1) is 24.4 Å². The molecule has 2 N–H and O–H groups in total. The molecule has 0 saturated carbocycles. The number of alkyl halides is 6. The third kappa shape index (κ3) is 6.03. The third-order valence-electron chi connectivity index (χ3n) is 7.52. The van der Waals surface area contributed by atoms with E-state index >= 15 is 8.78 Å². The van der Waals surface area contributed by atoms with Crippen LogP contribution in [0.5, 0.6) is 5.75 Å². The Morgan fingerprint density at radius 3 is 2.24 bits per heavy atom. The molecule has 45 heavy (non-hydrogen) atoms. The minimum absolute atomic E-state index is 0.108. The van der Waals surface area contributed by atoms with E-state index < -0.39 is 99.0 Å². The van der Waals surface area contributed by atoms with Crippen LogP contribution in [0.3, 0.4) is 0 Å². The summed E-state index contributed by atoms with van der Waals surface area (Å²) in [5, 5.41) is -0.350. The van der Waals surface area contributed by atoms with Crippen LogP contribution in [0.25, 0.3) is 11.1 Å². The number of fused-ring (bicyclic) bond motifs is 1. The average molecular weight is 661 g/mol. The van der Waals surface area contributed by atoms with Crippen molar-refractivity contribution >= 4 is 11.2 Å². The van der Waals surface area contributed by atoms with Crippen molar-refractivity contribution in [3.05, 3.63) is 116 Å². The van der Waals surface area contributed by atoms with Crippen LogP contribution < -0.4 is 16.0 Å². The van der Waals surface area contributed by atoms with Gasteiger partial charge in [-0.05, 0) is 36.8 Å². The predicted octanol–water partition coefficient (Wildman–Crippen LogP) is 7.11. The highest BCUT2D eigenvalue weighted by molar-refractivity contribution is 7.91. The van der Waals surface area contributed by atoms with E-state index in [1.54, 1.807) is 0 Å². The summed E-state index contributed by atoms with van der Waals surface area (Å²) < 4.78 is 144. The first-order valence-corrected chi connectivity index (χ1v) is 14.4. The summed E-state index contributed by atoms with van der Waals surface area (Å²) in [7, 11) is 0. The Balaban J connectivity index is 1.82. The molecular formula is C30H21F9N2O3S. The van der Waals surface area contributed by atoms with Crippen molar-refractivity contribution in [2.45, 2.75) is 43.0 Å². The first kappa shape index (κ1) is 32.4. The van der Waals surface area contributed by atoms with Crippen LogP contribution in [-0.2, 0) is 23.8 Å². The Morgan fingerprint density at radius 2 is 1.60 bits per heavy atom. The van der Waals surface area contributed by atoms with Gasteiger partial charge in [0.1, 0.15) is 23.4 Å². The van der Waals surface area contributed by atoms with E-state index in [1.807, 2.05) is 0 Å². The van der Waals surface area contributed by atoms with E-state index in [0.29, 0.717) is 12.1 Å². The lowest BCUT2D eigenvalue weighted by atomic mass is 9.91. The molecule has 15 heteroatoms. The van der Waals surface area contributed by atoms with Crippen LogP contribution >= 0.6 is 0 Å². The molecule has 3 aromatic carbocycles. The number of halogens is 9. The summed E-state index contributed by atoms with van der Waals surface area (Å²) in [6, 6.07) is 7.29. The Hall–Kier alpha value is -3.95. The maximum Gasteiger partial charge on any atom is 0.573 e. The number of aromatic nitrogens is 1. The number of hydrogen-bond acceptors (Lipinski definition) is 4. The Bertz CT molecular complexity index is 1840. The molecule has 0 fully saturated rings. The Morgan fingerprint density at radius 1 is 0.956 bits per heavy atom. The minimum Gasteiger partial charge on any atom is -0.610 e. The Kier molecular flexibility index (Phi) is 8.48. The summed E-state index contributed by atoms with van der Waals surface area (Å²) in [5.41, 5.74) is 0.991. The van der Waals surface area contributed by atoms with Crippen LogP contribution in [0.15, 0.2) is 70.5 Å². The highest BCUT2D eigenvalue weighted by atomic mass is 32.2. The molecule has 2 heterocycles. The van der Waals surface area contributed by atoms with E-state index in [4.69, 9.17) is 5.73 Å². The molecule has 0 amide bonds. The molecule has 5 nitrogen and oxygen atoms in total. The summed E-state index contributed by atoms with van der Waals surface area (Å²) in [4.78, 5) is 14.1. The summed E-state index contributed by atoms with van der Waals surface area (Å²) in [5.74, 6) is -5.43. The standard InChI is InChI=1S/C30H21F9N2O3S/c1-14-17(12-18-19(29(34,35)36)8-5-10-21(18)32)28-41(22(13-45(28)43)26(40)15-6-2-3-9-20(15)31)27(42)24(14)16-7-4-11-23(25(16)33)44-30(37,38)39/h2-11,22,26H,12-13,40H2,1H3. The van der Waals surface area contributed by atoms with Gasteiger partial charge in [-0.25, -0.2) is 13.2 Å². The van der Waals surface area contributed by atoms with Gasteiger partial charge < -0.3 is 15.0 Å². The van der Waals surface area contributed by atoms with Gasteiger partial charge in [0.05, 0.1) is 17.2 Å². The van der Waals surface area contributed by atoms with Gasteiger partial charge in [-0.1, -0.05) is 36.4 Å². The van der Waals surface area contributed by atoms with Gasteiger partial charge in [0.25, 0.3) is 5.56 Å². The maximum atomic E-state index is 15.6. The summed E-state index contributed by atoms with van der Waals surface area (Å²) >= 11 is -2.17. The van der Waals surface area contributed by atoms with Gasteiger partial charge in [0, 0.05) is 39.9 Å². The first-order valence-electron chi connectivity index (χ1n) is 13.1. The second kappa shape index (κ2) is 11.8. The molecular weight excluding hydrogens is 639 g/mol. The molecule has 0 spiro atoms. The van der Waals surface area contributed by atoms with Gasteiger partial charge in [0.2, 0.25) is 5.03 Å². The maximum absolute atomic E-state index is 15.6. The lowest BCUT2D eigenvalue weighted by Crippen LogP contribution is -2.34. The Labute approximate surface area is 252 Å². The molecule has 238 valence electrons. The molecule has 0 radical (unpaired) electrons. The molecule has 1 aliphatic rings. The quantitative estimate of drug-likeness (QED) is 0.177. The van der Waals surface area contributed by atoms with Gasteiger partial charge >= 0.3 is 12.5 Å². The fourth-order valence-corrected chi connectivity index (χ4v) is 7.28. The van der Waals surface area contributed by atoms with Gasteiger partial charge in [-0.2, -0.15) is 13.2 Å². The van der Waals surface area contributed by atoms with E-state index in [2.05, 4.69) is 4.74 Å². The minimum atomic E-state index is -5.32. The van der Waals surface area contributed by atoms with Crippen molar-refractivity contribution in [2.75, 3.05) is 5.75 Å². The first-order chi connectivity index (χ1) is 21.0. The van der Waals surface area contributed by atoms with Crippen molar-refractivity contribution in [2.24, 2.45) is 5.73 Å². The SMILES string of the molecule is Cc1c(Cc2c(F)cccc2C(F)(F)F)c2n(c(=O)c1-c1cccc(OC(F)(F)F)c1F)C(C(N)c1ccccc1F)C[S+]2[O-]. The monoisotopic (exact) mass is 660 g/mol. The smallest absolute Gasteiger partial charge is 0.573 e. The van der Waals surface area contributed by atoms with Crippen molar-refractivity contribution in [1.29, 1.82) is 0 Å². The highest BCUT2D eigenvalue weighted by Crippen LogP contribution is 2.43. The zero-order valence-electron chi connectivity index (χ0n) is 22.9. The highest BCUT2D eigenvalue weighted by Gasteiger charge is 2.44. The van der Waals surface area contributed by atoms with E-state index in [1.165, 1.54) is 25.1 Å². The molecule has 0 bridgehead atoms. The van der Waals surface area contributed by atoms with Crippen LogP contribution in [-0.4, -0.2) is 21.2 Å². The zero-order chi connectivity index (χ0) is 33.0. The van der Waals surface area contributed by atoms with Crippen LogP contribution in [0.2, 0.25) is 0 Å². The van der Waals surface area contributed by atoms with E-state index in [-0.39, 0.29) is 21.7 Å². The molecule has 4 aromatic rings. The molecule has 3 unspecified atom stereocenters. The molecule has 3 atom stereocenters. The van der Waals surface area contributed by atoms with Gasteiger partial charge in [-0.15, -0.1) is 13.2 Å². The number of rotatable bonds is 6. The van der Waals surface area contributed by atoms with Crippen LogP contribution in [0.1, 0.15) is 39.9 Å². The number of ether oxygens (including phenoxy) is 1. The van der Waals surface area contributed by atoms with Gasteiger partial charge in [0.15, 0.2) is 11.6 Å². The average Bonchev–Trinajstić information content (AvgIpc) is 3.29. The second-order valence-electron chi connectivity index (χ2n) is 10.2. The summed E-state index contributed by atoms with van der Waals surface area (Å²) in [6.07, 6.45) is -11.3. The lowest BCUT2D eigenvalue weighted by Gasteiger charge is -2.23. The fraction of sp³-hybridized carbons (Fsp3) is 0.233. The number of nitrogens with two attached hydrogens (primary N) is 1. The molecule has 0 saturated heterocycles. The van der Waals surface area contributed by atoms with Gasteiger partial charge in [-0.3, -0.25) is 9.36 Å². The normalized spacial score (nSPS) is 17.3. The number of pyridine rings is 1. The van der Waals surface area contributed by atoms with Crippen LogP contribution in [0.4, 0.5) is 39.5 Å². The van der Waals surface area contributed by atoms with E-state index in [9.17, 15) is 40.1 Å². The number of hydrogen-bond donors (Lipinski definition) is 1. The molecule has 1 aliphatic heterocycles. The van der Waals surface area contributed by atoms with Crippen molar-refractivity contribution in [3.63, 3.8) is 0 Å². The summed E-state index contributed by atoms with van der Waals surface area (Å²) in [6.45, 7) is 1.17. The lowest BCUT2D eigenvalue weighted by molar-refractivity contribution is -0.275. The zero-order valence-corrected chi connectivity index (χ0v) is 23.7. The molecule has 5 rings (SSSR count). The number of benzene rings is 3. The third-order valence-corrected chi connectivity index (χ3v) is 9.04. The van der Waals surface area contributed by atoms with Crippen molar-refractivity contribution in [3.8, 4) is 16.9 Å². The van der Waals surface area contributed by atoms with Crippen molar-refractivity contribution < 1.29 is 48.8 Å². The topological polar surface area (TPSA) is 80.3 Å². The second-order valence-corrected chi connectivity index (χ2v) is 11.6. The fourth-order valence-electron chi connectivity index (χ4n) is 5.52. The largest absolute Gasteiger partial charge is 0.610 e. The molecule has 1 aromatic heterocycles.